The molecule has 1 fully saturated rings. The molecule has 0 radical (unpaired) electrons. The van der Waals surface area contributed by atoms with Crippen molar-refractivity contribution >= 4 is 52.2 Å². The summed E-state index contributed by atoms with van der Waals surface area (Å²) in [4.78, 5) is 27.0. The van der Waals surface area contributed by atoms with Crippen LogP contribution >= 0.6 is 35.0 Å². The zero-order valence-electron chi connectivity index (χ0n) is 16.4. The molecule has 0 atom stereocenters. The molecule has 1 aliphatic heterocycles. The van der Waals surface area contributed by atoms with Gasteiger partial charge in [-0.2, -0.15) is 0 Å². The third-order valence-electron chi connectivity index (χ3n) is 4.98. The molecule has 7 heteroatoms. The number of aryl methyl sites for hydroxylation is 1. The highest BCUT2D eigenvalue weighted by Gasteiger charge is 2.35. The van der Waals surface area contributed by atoms with Crippen LogP contribution in [-0.2, 0) is 11.3 Å². The Morgan fingerprint density at radius 3 is 2.40 bits per heavy atom. The fourth-order valence-electron chi connectivity index (χ4n) is 3.49. The van der Waals surface area contributed by atoms with E-state index in [9.17, 15) is 9.59 Å². The molecule has 0 aliphatic carbocycles. The van der Waals surface area contributed by atoms with Crippen molar-refractivity contribution < 1.29 is 9.59 Å². The van der Waals surface area contributed by atoms with E-state index in [1.54, 1.807) is 18.2 Å². The van der Waals surface area contributed by atoms with Crippen LogP contribution in [0.25, 0.3) is 11.8 Å². The molecular weight excluding hydrogens is 439 g/mol. The monoisotopic (exact) mass is 456 g/mol. The highest BCUT2D eigenvalue weighted by atomic mass is 35.5. The van der Waals surface area contributed by atoms with Crippen molar-refractivity contribution in [1.29, 1.82) is 0 Å². The van der Waals surface area contributed by atoms with Gasteiger partial charge in [0.25, 0.3) is 11.1 Å². The lowest BCUT2D eigenvalue weighted by Crippen LogP contribution is -2.27. The van der Waals surface area contributed by atoms with Crippen molar-refractivity contribution in [2.24, 2.45) is 0 Å². The Morgan fingerprint density at radius 1 is 1.00 bits per heavy atom. The third-order valence-corrected chi connectivity index (χ3v) is 6.46. The Balaban J connectivity index is 1.63. The van der Waals surface area contributed by atoms with Gasteiger partial charge in [0, 0.05) is 16.4 Å². The Morgan fingerprint density at radius 2 is 1.70 bits per heavy atom. The van der Waals surface area contributed by atoms with Gasteiger partial charge in [-0.15, -0.1) is 0 Å². The molecule has 0 bridgehead atoms. The average Bonchev–Trinajstić information content (AvgIpc) is 3.14. The maximum Gasteiger partial charge on any atom is 0.293 e. The van der Waals surface area contributed by atoms with Crippen LogP contribution in [0.1, 0.15) is 22.5 Å². The Kier molecular flexibility index (Phi) is 5.78. The number of hydrogen-bond acceptors (Lipinski definition) is 3. The van der Waals surface area contributed by atoms with Gasteiger partial charge in [-0.05, 0) is 73.1 Å². The minimum atomic E-state index is -0.289. The molecule has 2 aromatic carbocycles. The maximum absolute atomic E-state index is 12.9. The number of amides is 2. The Hall–Kier alpha value is -2.47. The molecule has 2 heterocycles. The molecule has 1 aliphatic rings. The summed E-state index contributed by atoms with van der Waals surface area (Å²) in [6.45, 7) is 4.18. The smallest absolute Gasteiger partial charge is 0.293 e. The van der Waals surface area contributed by atoms with Crippen molar-refractivity contribution in [3.63, 3.8) is 0 Å². The molecule has 4 rings (SSSR count). The second kappa shape index (κ2) is 8.34. The first-order valence-corrected chi connectivity index (χ1v) is 10.9. The lowest BCUT2D eigenvalue weighted by atomic mass is 10.2. The van der Waals surface area contributed by atoms with E-state index in [2.05, 4.69) is 0 Å². The van der Waals surface area contributed by atoms with Crippen LogP contribution in [0.4, 0.5) is 4.79 Å². The first-order chi connectivity index (χ1) is 14.3. The number of rotatable bonds is 4. The normalized spacial score (nSPS) is 15.5. The van der Waals surface area contributed by atoms with Gasteiger partial charge in [0.15, 0.2) is 0 Å². The van der Waals surface area contributed by atoms with Crippen LogP contribution < -0.4 is 0 Å². The minimum Gasteiger partial charge on any atom is -0.316 e. The van der Waals surface area contributed by atoms with Crippen molar-refractivity contribution in [2.75, 3.05) is 0 Å². The highest BCUT2D eigenvalue weighted by molar-refractivity contribution is 8.18. The highest BCUT2D eigenvalue weighted by Crippen LogP contribution is 2.35. The molecule has 2 amide bonds. The molecule has 152 valence electrons. The lowest BCUT2D eigenvalue weighted by Gasteiger charge is -2.12. The van der Waals surface area contributed by atoms with E-state index in [0.29, 0.717) is 15.0 Å². The van der Waals surface area contributed by atoms with Crippen molar-refractivity contribution in [1.82, 2.24) is 9.47 Å². The number of nitrogens with zero attached hydrogens (tertiary/aromatic N) is 2. The van der Waals surface area contributed by atoms with Gasteiger partial charge in [0.1, 0.15) is 0 Å². The summed E-state index contributed by atoms with van der Waals surface area (Å²) in [5, 5.41) is 0.983. The number of thioether (sulfide) groups is 1. The largest absolute Gasteiger partial charge is 0.316 e. The summed E-state index contributed by atoms with van der Waals surface area (Å²) < 4.78 is 2.05. The quantitative estimate of drug-likeness (QED) is 0.413. The summed E-state index contributed by atoms with van der Waals surface area (Å²) in [6.07, 6.45) is 1.78. The molecule has 0 N–H and O–H groups in total. The first-order valence-electron chi connectivity index (χ1n) is 9.29. The van der Waals surface area contributed by atoms with Crippen LogP contribution in [0.5, 0.6) is 0 Å². The lowest BCUT2D eigenvalue weighted by molar-refractivity contribution is -0.123. The number of imide groups is 1. The van der Waals surface area contributed by atoms with Crippen molar-refractivity contribution in [2.45, 2.75) is 20.4 Å². The predicted molar refractivity (Wildman–Crippen MR) is 123 cm³/mol. The summed E-state index contributed by atoms with van der Waals surface area (Å²) in [5.41, 5.74) is 4.55. The third kappa shape index (κ3) is 3.93. The first kappa shape index (κ1) is 20.8. The molecule has 0 spiro atoms. The molecule has 1 aromatic heterocycles. The Labute approximate surface area is 189 Å². The summed E-state index contributed by atoms with van der Waals surface area (Å²) in [6, 6.07) is 16.7. The van der Waals surface area contributed by atoms with E-state index in [0.717, 1.165) is 40.0 Å². The molecule has 3 aromatic rings. The second-order valence-electron chi connectivity index (χ2n) is 7.01. The van der Waals surface area contributed by atoms with Crippen molar-refractivity contribution in [3.8, 4) is 5.69 Å². The summed E-state index contributed by atoms with van der Waals surface area (Å²) >= 11 is 13.2. The summed E-state index contributed by atoms with van der Waals surface area (Å²) in [7, 11) is 0. The van der Waals surface area contributed by atoms with Gasteiger partial charge >= 0.3 is 0 Å². The van der Waals surface area contributed by atoms with E-state index < -0.39 is 0 Å². The molecule has 4 nitrogen and oxygen atoms in total. The maximum atomic E-state index is 12.9. The molecule has 1 saturated heterocycles. The number of hydrogen-bond donors (Lipinski definition) is 0. The number of benzene rings is 2. The van der Waals surface area contributed by atoms with Gasteiger partial charge in [0.05, 0.1) is 22.2 Å². The topological polar surface area (TPSA) is 42.3 Å². The molecule has 30 heavy (non-hydrogen) atoms. The van der Waals surface area contributed by atoms with Crippen LogP contribution in [0.3, 0.4) is 0 Å². The van der Waals surface area contributed by atoms with E-state index in [1.807, 2.05) is 60.9 Å². The molecular formula is C23H18Cl2N2O2S. The fraction of sp³-hybridized carbons (Fsp3) is 0.130. The number of carbonyl (C=O) groups is 2. The van der Waals surface area contributed by atoms with Gasteiger partial charge in [0.2, 0.25) is 0 Å². The van der Waals surface area contributed by atoms with Crippen molar-refractivity contribution in [3.05, 3.63) is 92.1 Å². The van der Waals surface area contributed by atoms with Gasteiger partial charge in [-0.3, -0.25) is 14.5 Å². The fourth-order valence-corrected chi connectivity index (χ4v) is 4.66. The number of para-hydroxylation sites is 1. The van der Waals surface area contributed by atoms with E-state index in [1.165, 1.54) is 4.90 Å². The number of halogens is 2. The molecule has 0 unspecified atom stereocenters. The van der Waals surface area contributed by atoms with Gasteiger partial charge in [-0.1, -0.05) is 47.5 Å². The van der Waals surface area contributed by atoms with Gasteiger partial charge in [-0.25, -0.2) is 0 Å². The zero-order chi connectivity index (χ0) is 21.4. The van der Waals surface area contributed by atoms with E-state index in [4.69, 9.17) is 23.2 Å². The van der Waals surface area contributed by atoms with Crippen LogP contribution in [0.15, 0.2) is 59.5 Å². The summed E-state index contributed by atoms with van der Waals surface area (Å²) in [5.74, 6) is -0.289. The van der Waals surface area contributed by atoms with Crippen LogP contribution in [0.2, 0.25) is 10.0 Å². The predicted octanol–water partition coefficient (Wildman–Crippen LogP) is 6.64. The zero-order valence-corrected chi connectivity index (χ0v) is 18.7. The van der Waals surface area contributed by atoms with E-state index in [-0.39, 0.29) is 17.7 Å². The molecule has 0 saturated carbocycles. The second-order valence-corrected chi connectivity index (χ2v) is 8.84. The number of carbonyl (C=O) groups excluding carboxylic acids is 2. The van der Waals surface area contributed by atoms with E-state index >= 15 is 0 Å². The number of aromatic nitrogens is 1. The van der Waals surface area contributed by atoms with Crippen LogP contribution in [-0.4, -0.2) is 20.6 Å². The SMILES string of the molecule is Cc1cc(/C=C2\SC(=O)N(Cc3ccc(Cl)cc3)C2=O)c(C)n1-c1ccccc1Cl. The average molecular weight is 457 g/mol. The minimum absolute atomic E-state index is 0.220. The van der Waals surface area contributed by atoms with Crippen LogP contribution in [0, 0.1) is 13.8 Å². The Bertz CT molecular complexity index is 1180. The van der Waals surface area contributed by atoms with Gasteiger partial charge < -0.3 is 4.57 Å². The standard InChI is InChI=1S/C23H18Cl2N2O2S/c1-14-11-17(15(2)27(14)20-6-4-3-5-19(20)25)12-21-22(28)26(23(29)30-21)13-16-7-9-18(24)10-8-16/h3-12H,13H2,1-2H3/b21-12-.